The van der Waals surface area contributed by atoms with Crippen molar-refractivity contribution in [2.24, 2.45) is 0 Å². The molecule has 2 rings (SSSR count). The molecule has 1 aromatic rings. The SMILES string of the molecule is CN(CC(=O)O)C1CCN(CCCc2c(F)cccc2Cl)CC1. The van der Waals surface area contributed by atoms with Crippen molar-refractivity contribution in [3.63, 3.8) is 0 Å². The highest BCUT2D eigenvalue weighted by molar-refractivity contribution is 6.31. The van der Waals surface area contributed by atoms with Crippen LogP contribution in [0.3, 0.4) is 0 Å². The lowest BCUT2D eigenvalue weighted by atomic mass is 10.0. The molecule has 1 aliphatic rings. The van der Waals surface area contributed by atoms with E-state index in [0.717, 1.165) is 38.9 Å². The van der Waals surface area contributed by atoms with Gasteiger partial charge in [0.15, 0.2) is 0 Å². The van der Waals surface area contributed by atoms with Crippen molar-refractivity contribution in [1.82, 2.24) is 9.80 Å². The number of likely N-dealkylation sites (N-methyl/N-ethyl adjacent to an activating group) is 1. The Morgan fingerprint density at radius 3 is 2.74 bits per heavy atom. The maximum absolute atomic E-state index is 13.7. The van der Waals surface area contributed by atoms with Gasteiger partial charge in [-0.15, -0.1) is 0 Å². The van der Waals surface area contributed by atoms with Gasteiger partial charge in [0.25, 0.3) is 0 Å². The summed E-state index contributed by atoms with van der Waals surface area (Å²) >= 11 is 6.04. The Kier molecular flexibility index (Phi) is 6.81. The van der Waals surface area contributed by atoms with Gasteiger partial charge in [0, 0.05) is 16.6 Å². The lowest BCUT2D eigenvalue weighted by Gasteiger charge is -2.36. The Balaban J connectivity index is 1.72. The fourth-order valence-corrected chi connectivity index (χ4v) is 3.43. The first-order valence-corrected chi connectivity index (χ1v) is 8.42. The second-order valence-corrected chi connectivity index (χ2v) is 6.59. The summed E-state index contributed by atoms with van der Waals surface area (Å²) in [5.74, 6) is -1.01. The number of halogens is 2. The van der Waals surface area contributed by atoms with E-state index in [1.807, 2.05) is 11.9 Å². The number of nitrogens with zero attached hydrogens (tertiary/aromatic N) is 2. The van der Waals surface area contributed by atoms with Gasteiger partial charge < -0.3 is 10.0 Å². The zero-order valence-electron chi connectivity index (χ0n) is 13.5. The van der Waals surface area contributed by atoms with Crippen LogP contribution in [0.5, 0.6) is 0 Å². The van der Waals surface area contributed by atoms with Crippen LogP contribution in [-0.4, -0.2) is 60.1 Å². The Labute approximate surface area is 141 Å². The zero-order valence-corrected chi connectivity index (χ0v) is 14.2. The molecule has 1 aromatic carbocycles. The summed E-state index contributed by atoms with van der Waals surface area (Å²) in [4.78, 5) is 15.0. The number of hydrogen-bond acceptors (Lipinski definition) is 3. The van der Waals surface area contributed by atoms with Crippen LogP contribution in [0.2, 0.25) is 5.02 Å². The molecule has 0 aromatic heterocycles. The molecule has 1 saturated heterocycles. The number of piperidine rings is 1. The lowest BCUT2D eigenvalue weighted by Crippen LogP contribution is -2.45. The fraction of sp³-hybridized carbons (Fsp3) is 0.588. The second-order valence-electron chi connectivity index (χ2n) is 6.19. The molecule has 0 unspecified atom stereocenters. The number of rotatable bonds is 7. The van der Waals surface area contributed by atoms with Gasteiger partial charge in [-0.2, -0.15) is 0 Å². The van der Waals surface area contributed by atoms with E-state index in [2.05, 4.69) is 4.90 Å². The van der Waals surface area contributed by atoms with Gasteiger partial charge >= 0.3 is 5.97 Å². The lowest BCUT2D eigenvalue weighted by molar-refractivity contribution is -0.138. The van der Waals surface area contributed by atoms with E-state index in [4.69, 9.17) is 16.7 Å². The minimum absolute atomic E-state index is 0.0937. The molecular formula is C17H24ClFN2O2. The van der Waals surface area contributed by atoms with E-state index in [0.29, 0.717) is 23.0 Å². The molecule has 0 amide bonds. The van der Waals surface area contributed by atoms with E-state index in [9.17, 15) is 9.18 Å². The second kappa shape index (κ2) is 8.62. The molecular weight excluding hydrogens is 319 g/mol. The molecule has 23 heavy (non-hydrogen) atoms. The standard InChI is InChI=1S/C17H24ClFN2O2/c1-20(12-17(22)23)13-7-10-21(11-8-13)9-3-4-14-15(18)5-2-6-16(14)19/h2,5-6,13H,3-4,7-12H2,1H3,(H,22,23). The summed E-state index contributed by atoms with van der Waals surface area (Å²) in [5.41, 5.74) is 0.602. The van der Waals surface area contributed by atoms with Crippen molar-refractivity contribution in [3.05, 3.63) is 34.6 Å². The van der Waals surface area contributed by atoms with Crippen LogP contribution in [0, 0.1) is 5.82 Å². The van der Waals surface area contributed by atoms with Gasteiger partial charge in [-0.25, -0.2) is 4.39 Å². The average Bonchev–Trinajstić information content (AvgIpc) is 2.50. The Morgan fingerprint density at radius 1 is 1.43 bits per heavy atom. The Hall–Kier alpha value is -1.17. The molecule has 0 atom stereocenters. The summed E-state index contributed by atoms with van der Waals surface area (Å²) < 4.78 is 13.7. The minimum atomic E-state index is -0.781. The maximum atomic E-state index is 13.7. The summed E-state index contributed by atoms with van der Waals surface area (Å²) in [6.07, 6.45) is 3.47. The fourth-order valence-electron chi connectivity index (χ4n) is 3.18. The van der Waals surface area contributed by atoms with Crippen LogP contribution in [0.1, 0.15) is 24.8 Å². The van der Waals surface area contributed by atoms with Crippen molar-refractivity contribution >= 4 is 17.6 Å². The molecule has 0 aliphatic carbocycles. The maximum Gasteiger partial charge on any atom is 0.317 e. The van der Waals surface area contributed by atoms with E-state index >= 15 is 0 Å². The van der Waals surface area contributed by atoms with E-state index in [1.54, 1.807) is 12.1 Å². The van der Waals surface area contributed by atoms with Crippen molar-refractivity contribution in [2.75, 3.05) is 33.2 Å². The Morgan fingerprint density at radius 2 is 2.13 bits per heavy atom. The van der Waals surface area contributed by atoms with Crippen LogP contribution >= 0.6 is 11.6 Å². The molecule has 0 bridgehead atoms. The van der Waals surface area contributed by atoms with E-state index in [-0.39, 0.29) is 12.4 Å². The molecule has 1 heterocycles. The molecule has 1 N–H and O–H groups in total. The predicted molar refractivity (Wildman–Crippen MR) is 89.5 cm³/mol. The molecule has 4 nitrogen and oxygen atoms in total. The zero-order chi connectivity index (χ0) is 16.8. The topological polar surface area (TPSA) is 43.8 Å². The van der Waals surface area contributed by atoms with Gasteiger partial charge in [-0.1, -0.05) is 17.7 Å². The normalized spacial score (nSPS) is 16.9. The minimum Gasteiger partial charge on any atom is -0.480 e. The first-order chi connectivity index (χ1) is 11.0. The highest BCUT2D eigenvalue weighted by Gasteiger charge is 2.23. The molecule has 0 radical (unpaired) electrons. The Bertz CT molecular complexity index is 513. The predicted octanol–water partition coefficient (Wildman–Crippen LogP) is 2.89. The van der Waals surface area contributed by atoms with Crippen LogP contribution in [-0.2, 0) is 11.2 Å². The average molecular weight is 343 g/mol. The smallest absolute Gasteiger partial charge is 0.317 e. The van der Waals surface area contributed by atoms with Crippen molar-refractivity contribution in [3.8, 4) is 0 Å². The first-order valence-electron chi connectivity index (χ1n) is 8.04. The van der Waals surface area contributed by atoms with Gasteiger partial charge in [0.2, 0.25) is 0 Å². The van der Waals surface area contributed by atoms with Crippen LogP contribution in [0.25, 0.3) is 0 Å². The molecule has 0 saturated carbocycles. The quantitative estimate of drug-likeness (QED) is 0.827. The number of aliphatic carboxylic acids is 1. The van der Waals surface area contributed by atoms with Gasteiger partial charge in [-0.3, -0.25) is 9.69 Å². The number of likely N-dealkylation sites (tertiary alicyclic amines) is 1. The molecule has 128 valence electrons. The molecule has 6 heteroatoms. The monoisotopic (exact) mass is 342 g/mol. The van der Waals surface area contributed by atoms with Gasteiger partial charge in [0.05, 0.1) is 6.54 Å². The summed E-state index contributed by atoms with van der Waals surface area (Å²) in [6.45, 7) is 2.93. The number of hydrogen-bond donors (Lipinski definition) is 1. The molecule has 0 spiro atoms. The largest absolute Gasteiger partial charge is 0.480 e. The first kappa shape index (κ1) is 18.2. The number of benzene rings is 1. The number of carbonyl (C=O) groups is 1. The van der Waals surface area contributed by atoms with Crippen LogP contribution in [0.15, 0.2) is 18.2 Å². The molecule has 1 fully saturated rings. The number of carboxylic acids is 1. The van der Waals surface area contributed by atoms with Crippen LogP contribution < -0.4 is 0 Å². The highest BCUT2D eigenvalue weighted by Crippen LogP contribution is 2.21. The third kappa shape index (κ3) is 5.44. The highest BCUT2D eigenvalue weighted by atomic mass is 35.5. The summed E-state index contributed by atoms with van der Waals surface area (Å²) in [6, 6.07) is 5.14. The van der Waals surface area contributed by atoms with Crippen molar-refractivity contribution in [2.45, 2.75) is 31.7 Å². The summed E-state index contributed by atoms with van der Waals surface area (Å²) in [5, 5.41) is 9.34. The van der Waals surface area contributed by atoms with Crippen molar-refractivity contribution in [1.29, 1.82) is 0 Å². The van der Waals surface area contributed by atoms with E-state index < -0.39 is 5.97 Å². The van der Waals surface area contributed by atoms with Crippen LogP contribution in [0.4, 0.5) is 4.39 Å². The third-order valence-electron chi connectivity index (χ3n) is 4.53. The van der Waals surface area contributed by atoms with E-state index in [1.165, 1.54) is 6.07 Å². The van der Waals surface area contributed by atoms with Gasteiger partial charge in [0.1, 0.15) is 5.82 Å². The molecule has 1 aliphatic heterocycles. The van der Waals surface area contributed by atoms with Gasteiger partial charge in [-0.05, 0) is 64.5 Å². The van der Waals surface area contributed by atoms with Crippen molar-refractivity contribution < 1.29 is 14.3 Å². The number of carboxylic acid groups (broad SMARTS) is 1. The summed E-state index contributed by atoms with van der Waals surface area (Å²) in [7, 11) is 1.87. The third-order valence-corrected chi connectivity index (χ3v) is 4.88.